The fraction of sp³-hybridized carbons (Fsp3) is 0.375. The van der Waals surface area contributed by atoms with Crippen LogP contribution in [0.3, 0.4) is 0 Å². The summed E-state index contributed by atoms with van der Waals surface area (Å²) in [6.45, 7) is 6.29. The highest BCUT2D eigenvalue weighted by atomic mass is 16.5. The van der Waals surface area contributed by atoms with Crippen LogP contribution in [0.25, 0.3) is 0 Å². The Hall–Kier alpha value is -2.10. The van der Waals surface area contributed by atoms with Crippen molar-refractivity contribution in [2.24, 2.45) is 7.05 Å². The van der Waals surface area contributed by atoms with Gasteiger partial charge in [0.1, 0.15) is 5.75 Å². The van der Waals surface area contributed by atoms with Gasteiger partial charge in [0.25, 0.3) is 0 Å². The highest BCUT2D eigenvalue weighted by molar-refractivity contribution is 6.06. The molecule has 1 aromatic carbocycles. The second kappa shape index (κ2) is 5.12. The number of methoxy groups -OCH3 is 1. The minimum absolute atomic E-state index is 0.0781. The Bertz CT molecular complexity index is 636. The maximum Gasteiger partial charge on any atom is 0.228 e. The van der Waals surface area contributed by atoms with Crippen LogP contribution in [0.2, 0.25) is 0 Å². The first-order chi connectivity index (χ1) is 9.34. The third-order valence-corrected chi connectivity index (χ3v) is 3.29. The average Bonchev–Trinajstić information content (AvgIpc) is 2.82. The molecule has 4 nitrogen and oxygen atoms in total. The van der Waals surface area contributed by atoms with Gasteiger partial charge in [-0.05, 0) is 23.6 Å². The molecule has 2 rings (SSSR count). The third kappa shape index (κ3) is 2.59. The molecule has 1 heterocycles. The smallest absolute Gasteiger partial charge is 0.228 e. The van der Waals surface area contributed by atoms with Crippen molar-refractivity contribution in [3.05, 3.63) is 47.5 Å². The van der Waals surface area contributed by atoms with Crippen molar-refractivity contribution in [1.29, 1.82) is 0 Å². The van der Waals surface area contributed by atoms with Gasteiger partial charge in [-0.15, -0.1) is 0 Å². The lowest BCUT2D eigenvalue weighted by atomic mass is 9.85. The van der Waals surface area contributed by atoms with Gasteiger partial charge in [0.2, 0.25) is 5.78 Å². The van der Waals surface area contributed by atoms with Crippen molar-refractivity contribution in [2.75, 3.05) is 7.11 Å². The van der Waals surface area contributed by atoms with E-state index in [1.54, 1.807) is 30.1 Å². The first kappa shape index (κ1) is 14.3. The molecule has 0 bridgehead atoms. The first-order valence-electron chi connectivity index (χ1n) is 6.55. The predicted molar refractivity (Wildman–Crippen MR) is 78.3 cm³/mol. The van der Waals surface area contributed by atoms with E-state index in [0.717, 1.165) is 11.3 Å². The van der Waals surface area contributed by atoms with Gasteiger partial charge in [0.15, 0.2) is 5.82 Å². The summed E-state index contributed by atoms with van der Waals surface area (Å²) in [7, 11) is 3.46. The van der Waals surface area contributed by atoms with Crippen LogP contribution < -0.4 is 4.74 Å². The number of nitrogens with zero attached hydrogens (tertiary/aromatic N) is 2. The summed E-state index contributed by atoms with van der Waals surface area (Å²) in [6, 6.07) is 5.53. The standard InChI is InChI=1S/C16H20N2O2/c1-16(2,3)12-10-11(6-7-13(12)20-5)14(19)15-17-8-9-18(15)4/h6-10H,1-5H3. The molecule has 0 aliphatic rings. The number of ether oxygens (including phenoxy) is 1. The number of ketones is 1. The summed E-state index contributed by atoms with van der Waals surface area (Å²) in [5.74, 6) is 1.16. The lowest BCUT2D eigenvalue weighted by molar-refractivity contribution is 0.102. The minimum Gasteiger partial charge on any atom is -0.496 e. The summed E-state index contributed by atoms with van der Waals surface area (Å²) >= 11 is 0. The number of rotatable bonds is 3. The zero-order chi connectivity index (χ0) is 14.9. The molecule has 0 saturated heterocycles. The second-order valence-corrected chi connectivity index (χ2v) is 5.86. The molecule has 0 radical (unpaired) electrons. The monoisotopic (exact) mass is 272 g/mol. The van der Waals surface area contributed by atoms with E-state index in [1.165, 1.54) is 0 Å². The number of aryl methyl sites for hydroxylation is 1. The molecule has 0 aliphatic carbocycles. The fourth-order valence-corrected chi connectivity index (χ4v) is 2.15. The lowest BCUT2D eigenvalue weighted by Crippen LogP contribution is -2.15. The Balaban J connectivity index is 2.49. The number of carbonyl (C=O) groups is 1. The molecule has 1 aromatic heterocycles. The Morgan fingerprint density at radius 2 is 2.00 bits per heavy atom. The molecule has 0 fully saturated rings. The van der Waals surface area contributed by atoms with Crippen molar-refractivity contribution in [3.63, 3.8) is 0 Å². The van der Waals surface area contributed by atoms with Gasteiger partial charge in [0, 0.05) is 30.6 Å². The van der Waals surface area contributed by atoms with Crippen LogP contribution in [0, 0.1) is 0 Å². The van der Waals surface area contributed by atoms with E-state index < -0.39 is 0 Å². The Labute approximate surface area is 119 Å². The van der Waals surface area contributed by atoms with Crippen LogP contribution in [-0.4, -0.2) is 22.4 Å². The van der Waals surface area contributed by atoms with Gasteiger partial charge in [-0.25, -0.2) is 4.98 Å². The molecule has 0 unspecified atom stereocenters. The number of carbonyl (C=O) groups excluding carboxylic acids is 1. The summed E-state index contributed by atoms with van der Waals surface area (Å²) in [4.78, 5) is 16.6. The van der Waals surface area contributed by atoms with Crippen molar-refractivity contribution >= 4 is 5.78 Å². The maximum atomic E-state index is 12.5. The molecule has 0 amide bonds. The van der Waals surface area contributed by atoms with E-state index in [1.807, 2.05) is 19.2 Å². The highest BCUT2D eigenvalue weighted by Gasteiger charge is 2.22. The van der Waals surface area contributed by atoms with E-state index in [4.69, 9.17) is 4.74 Å². The molecule has 0 atom stereocenters. The fourth-order valence-electron chi connectivity index (χ4n) is 2.15. The highest BCUT2D eigenvalue weighted by Crippen LogP contribution is 2.32. The quantitative estimate of drug-likeness (QED) is 0.807. The number of benzene rings is 1. The average molecular weight is 272 g/mol. The molecular formula is C16H20N2O2. The lowest BCUT2D eigenvalue weighted by Gasteiger charge is -2.22. The van der Waals surface area contributed by atoms with E-state index in [9.17, 15) is 4.79 Å². The maximum absolute atomic E-state index is 12.5. The molecule has 2 aromatic rings. The van der Waals surface area contributed by atoms with Gasteiger partial charge >= 0.3 is 0 Å². The third-order valence-electron chi connectivity index (χ3n) is 3.29. The van der Waals surface area contributed by atoms with Crippen molar-refractivity contribution < 1.29 is 9.53 Å². The normalized spacial score (nSPS) is 11.4. The van der Waals surface area contributed by atoms with Gasteiger partial charge < -0.3 is 9.30 Å². The molecule has 0 aliphatic heterocycles. The van der Waals surface area contributed by atoms with Crippen LogP contribution in [-0.2, 0) is 12.5 Å². The molecule has 0 saturated carbocycles. The zero-order valence-electron chi connectivity index (χ0n) is 12.6. The SMILES string of the molecule is COc1ccc(C(=O)c2nccn2C)cc1C(C)(C)C. The number of aromatic nitrogens is 2. The molecule has 0 N–H and O–H groups in total. The zero-order valence-corrected chi connectivity index (χ0v) is 12.6. The topological polar surface area (TPSA) is 44.1 Å². The van der Waals surface area contributed by atoms with E-state index in [-0.39, 0.29) is 11.2 Å². The molecular weight excluding hydrogens is 252 g/mol. The van der Waals surface area contributed by atoms with Crippen molar-refractivity contribution in [1.82, 2.24) is 9.55 Å². The van der Waals surface area contributed by atoms with Gasteiger partial charge in [-0.1, -0.05) is 20.8 Å². The minimum atomic E-state index is -0.0940. The molecule has 106 valence electrons. The van der Waals surface area contributed by atoms with Crippen LogP contribution in [0.5, 0.6) is 5.75 Å². The molecule has 20 heavy (non-hydrogen) atoms. The summed E-state index contributed by atoms with van der Waals surface area (Å²) < 4.78 is 7.11. The van der Waals surface area contributed by atoms with Crippen LogP contribution in [0.15, 0.2) is 30.6 Å². The van der Waals surface area contributed by atoms with E-state index in [2.05, 4.69) is 25.8 Å². The second-order valence-electron chi connectivity index (χ2n) is 5.86. The summed E-state index contributed by atoms with van der Waals surface area (Å²) in [5, 5.41) is 0. The van der Waals surface area contributed by atoms with Crippen LogP contribution in [0.1, 0.15) is 42.5 Å². The predicted octanol–water partition coefficient (Wildman–Crippen LogP) is 2.96. The first-order valence-corrected chi connectivity index (χ1v) is 6.55. The van der Waals surface area contributed by atoms with Crippen LogP contribution >= 0.6 is 0 Å². The van der Waals surface area contributed by atoms with Crippen LogP contribution in [0.4, 0.5) is 0 Å². The summed E-state index contributed by atoms with van der Waals surface area (Å²) in [6.07, 6.45) is 3.39. The van der Waals surface area contributed by atoms with E-state index in [0.29, 0.717) is 11.4 Å². The largest absolute Gasteiger partial charge is 0.496 e. The Morgan fingerprint density at radius 3 is 2.50 bits per heavy atom. The van der Waals surface area contributed by atoms with Crippen molar-refractivity contribution in [3.8, 4) is 5.75 Å². The van der Waals surface area contributed by atoms with E-state index >= 15 is 0 Å². The number of hydrogen-bond donors (Lipinski definition) is 0. The molecule has 4 heteroatoms. The Morgan fingerprint density at radius 1 is 1.30 bits per heavy atom. The van der Waals surface area contributed by atoms with Gasteiger partial charge in [0.05, 0.1) is 7.11 Å². The van der Waals surface area contributed by atoms with Crippen molar-refractivity contribution in [2.45, 2.75) is 26.2 Å². The summed E-state index contributed by atoms with van der Waals surface area (Å²) in [5.41, 5.74) is 1.55. The number of imidazole rings is 1. The number of hydrogen-bond acceptors (Lipinski definition) is 3. The Kier molecular flexibility index (Phi) is 3.66. The molecule has 0 spiro atoms. The van der Waals surface area contributed by atoms with Gasteiger partial charge in [-0.2, -0.15) is 0 Å². The van der Waals surface area contributed by atoms with Gasteiger partial charge in [-0.3, -0.25) is 4.79 Å².